The molecule has 1 amide bonds. The number of aliphatic hydroxyl groups excluding tert-OH is 2. The van der Waals surface area contributed by atoms with Gasteiger partial charge in [-0.1, -0.05) is 0 Å². The van der Waals surface area contributed by atoms with Crippen LogP contribution in [-0.2, 0) is 14.3 Å². The zero-order valence-electron chi connectivity index (χ0n) is 9.12. The number of carbonyl (C=O) groups is 2. The third-order valence-electron chi connectivity index (χ3n) is 2.85. The number of allylic oxidation sites excluding steroid dienone is 1. The lowest BCUT2D eigenvalue weighted by atomic mass is 10.1. The molecule has 0 spiro atoms. The average molecular weight is 263 g/mol. The minimum atomic E-state index is -3.71. The highest BCUT2D eigenvalue weighted by Crippen LogP contribution is 2.38. The number of aliphatic hydroxyl groups is 2. The second kappa shape index (κ2) is 4.38. The summed E-state index contributed by atoms with van der Waals surface area (Å²) in [5.74, 6) is -5.04. The lowest BCUT2D eigenvalue weighted by molar-refractivity contribution is -0.172. The van der Waals surface area contributed by atoms with E-state index in [0.717, 1.165) is 12.3 Å². The molecule has 0 unspecified atom stereocenters. The first-order chi connectivity index (χ1) is 8.37. The molecule has 3 atom stereocenters. The number of halogens is 2. The normalized spacial score (nSPS) is 35.3. The predicted octanol–water partition coefficient (Wildman–Crippen LogP) is -0.985. The van der Waals surface area contributed by atoms with Crippen LogP contribution in [0.2, 0.25) is 0 Å². The van der Waals surface area contributed by atoms with Gasteiger partial charge in [-0.2, -0.15) is 8.78 Å². The third-order valence-corrected chi connectivity index (χ3v) is 2.85. The van der Waals surface area contributed by atoms with E-state index >= 15 is 0 Å². The standard InChI is InChI=1S/C10H11F2NO5/c11-10(12)8(17)6(4-14)18-9(10)13-2-1-5(15)3-7(13)16/h1-2,6,8-9,14,17H,3-4H2/t6-,8-,9-/m1/s1. The molecular formula is C10H11F2NO5. The molecule has 0 aromatic heterocycles. The van der Waals surface area contributed by atoms with Crippen molar-refractivity contribution in [3.8, 4) is 0 Å². The number of amides is 1. The van der Waals surface area contributed by atoms with E-state index in [1.54, 1.807) is 0 Å². The Labute approximate surface area is 100 Å². The Morgan fingerprint density at radius 1 is 1.50 bits per heavy atom. The van der Waals surface area contributed by atoms with Gasteiger partial charge in [0.2, 0.25) is 12.1 Å². The van der Waals surface area contributed by atoms with Crippen molar-refractivity contribution < 1.29 is 33.3 Å². The zero-order chi connectivity index (χ0) is 13.5. The van der Waals surface area contributed by atoms with Crippen LogP contribution in [0.25, 0.3) is 0 Å². The molecule has 2 aliphatic rings. The quantitative estimate of drug-likeness (QED) is 0.625. The van der Waals surface area contributed by atoms with Gasteiger partial charge in [-0.3, -0.25) is 14.5 Å². The number of hydrogen-bond donors (Lipinski definition) is 2. The van der Waals surface area contributed by atoms with E-state index in [2.05, 4.69) is 0 Å². The lowest BCUT2D eigenvalue weighted by Gasteiger charge is -2.30. The van der Waals surface area contributed by atoms with Gasteiger partial charge in [-0.25, -0.2) is 0 Å². The summed E-state index contributed by atoms with van der Waals surface area (Å²) in [6, 6.07) is 0. The van der Waals surface area contributed by atoms with Crippen LogP contribution in [0, 0.1) is 0 Å². The molecule has 18 heavy (non-hydrogen) atoms. The molecule has 2 heterocycles. The van der Waals surface area contributed by atoms with Gasteiger partial charge < -0.3 is 14.9 Å². The fourth-order valence-corrected chi connectivity index (χ4v) is 1.87. The van der Waals surface area contributed by atoms with Crippen molar-refractivity contribution in [2.45, 2.75) is 30.8 Å². The summed E-state index contributed by atoms with van der Waals surface area (Å²) in [6.45, 7) is -0.794. The summed E-state index contributed by atoms with van der Waals surface area (Å²) >= 11 is 0. The number of alkyl halides is 2. The van der Waals surface area contributed by atoms with Crippen LogP contribution >= 0.6 is 0 Å². The molecule has 0 bridgehead atoms. The van der Waals surface area contributed by atoms with Crippen molar-refractivity contribution in [3.63, 3.8) is 0 Å². The Morgan fingerprint density at radius 3 is 2.67 bits per heavy atom. The maximum atomic E-state index is 13.7. The Hall–Kier alpha value is -1.38. The fraction of sp³-hybridized carbons (Fsp3) is 0.600. The van der Waals surface area contributed by atoms with Crippen molar-refractivity contribution >= 4 is 11.7 Å². The molecule has 2 rings (SSSR count). The second-order valence-electron chi connectivity index (χ2n) is 4.09. The molecule has 2 aliphatic heterocycles. The van der Waals surface area contributed by atoms with Gasteiger partial charge in [0, 0.05) is 6.20 Å². The van der Waals surface area contributed by atoms with E-state index in [0.29, 0.717) is 4.90 Å². The molecule has 0 aromatic rings. The van der Waals surface area contributed by atoms with Crippen molar-refractivity contribution in [2.24, 2.45) is 0 Å². The van der Waals surface area contributed by atoms with Crippen molar-refractivity contribution in [1.29, 1.82) is 0 Å². The first-order valence-electron chi connectivity index (χ1n) is 5.22. The highest BCUT2D eigenvalue weighted by atomic mass is 19.3. The third kappa shape index (κ3) is 1.92. The molecule has 8 heteroatoms. The van der Waals surface area contributed by atoms with Crippen LogP contribution in [0.4, 0.5) is 8.78 Å². The van der Waals surface area contributed by atoms with Crippen molar-refractivity contribution in [3.05, 3.63) is 12.3 Å². The van der Waals surface area contributed by atoms with Crippen LogP contribution < -0.4 is 0 Å². The minimum absolute atomic E-state index is 0.489. The minimum Gasteiger partial charge on any atom is -0.394 e. The molecule has 1 saturated heterocycles. The number of hydrogen-bond acceptors (Lipinski definition) is 5. The molecule has 0 aromatic carbocycles. The summed E-state index contributed by atoms with van der Waals surface area (Å²) in [5.41, 5.74) is 0. The van der Waals surface area contributed by atoms with Crippen LogP contribution in [0.15, 0.2) is 12.3 Å². The average Bonchev–Trinajstić information content (AvgIpc) is 2.52. The molecule has 100 valence electrons. The first-order valence-corrected chi connectivity index (χ1v) is 5.22. The van der Waals surface area contributed by atoms with Crippen LogP contribution in [0.1, 0.15) is 6.42 Å². The van der Waals surface area contributed by atoms with E-state index in [1.165, 1.54) is 0 Å². The fourth-order valence-electron chi connectivity index (χ4n) is 1.87. The Balaban J connectivity index is 2.26. The van der Waals surface area contributed by atoms with E-state index < -0.39 is 49.1 Å². The molecular weight excluding hydrogens is 252 g/mol. The van der Waals surface area contributed by atoms with Gasteiger partial charge >= 0.3 is 5.92 Å². The van der Waals surface area contributed by atoms with E-state index in [4.69, 9.17) is 9.84 Å². The first kappa shape index (κ1) is 13.1. The molecule has 1 fully saturated rings. The van der Waals surface area contributed by atoms with Gasteiger partial charge in [0.1, 0.15) is 6.10 Å². The number of carbonyl (C=O) groups excluding carboxylic acids is 2. The summed E-state index contributed by atoms with van der Waals surface area (Å²) in [4.78, 5) is 23.0. The van der Waals surface area contributed by atoms with E-state index in [9.17, 15) is 23.5 Å². The summed E-state index contributed by atoms with van der Waals surface area (Å²) in [5, 5.41) is 18.1. The number of rotatable bonds is 2. The van der Waals surface area contributed by atoms with Gasteiger partial charge in [-0.15, -0.1) is 0 Å². The van der Waals surface area contributed by atoms with Gasteiger partial charge in [0.05, 0.1) is 13.0 Å². The van der Waals surface area contributed by atoms with Crippen molar-refractivity contribution in [1.82, 2.24) is 4.90 Å². The molecule has 2 N–H and O–H groups in total. The highest BCUT2D eigenvalue weighted by molar-refractivity contribution is 6.06. The van der Waals surface area contributed by atoms with Gasteiger partial charge in [-0.05, 0) is 6.08 Å². The molecule has 6 nitrogen and oxygen atoms in total. The van der Waals surface area contributed by atoms with Gasteiger partial charge in [0.15, 0.2) is 11.9 Å². The summed E-state index contributed by atoms with van der Waals surface area (Å²) in [6.07, 6.45) is -4.32. The Kier molecular flexibility index (Phi) is 3.18. The van der Waals surface area contributed by atoms with Crippen LogP contribution in [0.3, 0.4) is 0 Å². The van der Waals surface area contributed by atoms with Gasteiger partial charge in [0.25, 0.3) is 0 Å². The predicted molar refractivity (Wildman–Crippen MR) is 52.3 cm³/mol. The van der Waals surface area contributed by atoms with Crippen LogP contribution in [-0.4, -0.2) is 57.8 Å². The monoisotopic (exact) mass is 263 g/mol. The smallest absolute Gasteiger partial charge is 0.320 e. The van der Waals surface area contributed by atoms with E-state index in [-0.39, 0.29) is 0 Å². The topological polar surface area (TPSA) is 87.1 Å². The SMILES string of the molecule is O=C1C=CN([C@@H]2O[C@H](CO)[C@@H](O)C2(F)F)C(=O)C1. The Bertz CT molecular complexity index is 411. The molecule has 0 saturated carbocycles. The Morgan fingerprint density at radius 2 is 2.17 bits per heavy atom. The molecule has 0 radical (unpaired) electrons. The maximum absolute atomic E-state index is 13.7. The zero-order valence-corrected chi connectivity index (χ0v) is 9.12. The highest BCUT2D eigenvalue weighted by Gasteiger charge is 2.61. The van der Waals surface area contributed by atoms with E-state index in [1.807, 2.05) is 0 Å². The summed E-state index contributed by atoms with van der Waals surface area (Å²) < 4.78 is 32.2. The lowest BCUT2D eigenvalue weighted by Crippen LogP contribution is -2.50. The number of ether oxygens (including phenoxy) is 1. The van der Waals surface area contributed by atoms with Crippen molar-refractivity contribution in [2.75, 3.05) is 6.61 Å². The summed E-state index contributed by atoms with van der Waals surface area (Å²) in [7, 11) is 0. The molecule has 0 aliphatic carbocycles. The number of nitrogens with zero attached hydrogens (tertiary/aromatic N) is 1. The maximum Gasteiger partial charge on any atom is 0.320 e. The number of ketones is 1. The van der Waals surface area contributed by atoms with Crippen LogP contribution in [0.5, 0.6) is 0 Å². The second-order valence-corrected chi connectivity index (χ2v) is 4.09. The largest absolute Gasteiger partial charge is 0.394 e.